The lowest BCUT2D eigenvalue weighted by molar-refractivity contribution is 0.415. The van der Waals surface area contributed by atoms with Crippen LogP contribution in [0, 0.1) is 6.92 Å². The summed E-state index contributed by atoms with van der Waals surface area (Å²) in [5.74, 6) is 2.09. The first kappa shape index (κ1) is 16.8. The molecule has 0 amide bonds. The molecule has 0 aliphatic heterocycles. The second kappa shape index (κ2) is 7.71. The summed E-state index contributed by atoms with van der Waals surface area (Å²) in [6, 6.07) is 7.97. The van der Waals surface area contributed by atoms with Crippen LogP contribution in [-0.2, 0) is 0 Å². The summed E-state index contributed by atoms with van der Waals surface area (Å²) in [5, 5.41) is 7.32. The average Bonchev–Trinajstić information content (AvgIpc) is 2.55. The molecule has 5 nitrogen and oxygen atoms in total. The zero-order valence-corrected chi connectivity index (χ0v) is 14.9. The quantitative estimate of drug-likeness (QED) is 0.803. The summed E-state index contributed by atoms with van der Waals surface area (Å²) in [7, 11) is 1.60. The molecule has 2 N–H and O–H groups in total. The van der Waals surface area contributed by atoms with Gasteiger partial charge in [0, 0.05) is 23.5 Å². The predicted octanol–water partition coefficient (Wildman–Crippen LogP) is 4.94. The smallest absolute Gasteiger partial charge is 0.225 e. The topological polar surface area (TPSA) is 59.1 Å². The number of nitrogens with zero attached hydrogens (tertiary/aromatic N) is 2. The van der Waals surface area contributed by atoms with Gasteiger partial charge in [-0.3, -0.25) is 0 Å². The lowest BCUT2D eigenvalue weighted by atomic mass is 9.96. The molecule has 1 saturated carbocycles. The molecule has 6 heteroatoms. The van der Waals surface area contributed by atoms with Crippen molar-refractivity contribution in [1.82, 2.24) is 9.97 Å². The highest BCUT2D eigenvalue weighted by molar-refractivity contribution is 6.32. The van der Waals surface area contributed by atoms with Crippen molar-refractivity contribution in [3.8, 4) is 5.75 Å². The summed E-state index contributed by atoms with van der Waals surface area (Å²) < 4.78 is 5.18. The lowest BCUT2D eigenvalue weighted by Crippen LogP contribution is -2.23. The molecule has 3 rings (SSSR count). The molecule has 1 aromatic carbocycles. The van der Waals surface area contributed by atoms with E-state index in [0.29, 0.717) is 22.8 Å². The first-order valence-electron chi connectivity index (χ1n) is 8.37. The number of hydrogen-bond donors (Lipinski definition) is 2. The zero-order valence-electron chi connectivity index (χ0n) is 14.1. The van der Waals surface area contributed by atoms with Crippen LogP contribution in [0.4, 0.5) is 17.5 Å². The fraction of sp³-hybridized carbons (Fsp3) is 0.444. The monoisotopic (exact) mass is 346 g/mol. The van der Waals surface area contributed by atoms with Crippen molar-refractivity contribution in [3.05, 3.63) is 35.0 Å². The van der Waals surface area contributed by atoms with E-state index in [-0.39, 0.29) is 0 Å². The van der Waals surface area contributed by atoms with Gasteiger partial charge in [-0.1, -0.05) is 30.9 Å². The maximum atomic E-state index is 6.18. The van der Waals surface area contributed by atoms with Crippen molar-refractivity contribution in [1.29, 1.82) is 0 Å². The first-order chi connectivity index (χ1) is 11.6. The number of hydrogen-bond acceptors (Lipinski definition) is 5. The van der Waals surface area contributed by atoms with Crippen LogP contribution in [0.2, 0.25) is 5.02 Å². The van der Waals surface area contributed by atoms with Crippen molar-refractivity contribution in [2.75, 3.05) is 17.7 Å². The second-order valence-corrected chi connectivity index (χ2v) is 6.58. The van der Waals surface area contributed by atoms with E-state index in [4.69, 9.17) is 16.3 Å². The minimum atomic E-state index is 0.476. The highest BCUT2D eigenvalue weighted by Gasteiger charge is 2.14. The summed E-state index contributed by atoms with van der Waals surface area (Å²) in [4.78, 5) is 9.09. The molecule has 0 atom stereocenters. The molecular weight excluding hydrogens is 324 g/mol. The van der Waals surface area contributed by atoms with Gasteiger partial charge in [0.25, 0.3) is 0 Å². The van der Waals surface area contributed by atoms with E-state index in [9.17, 15) is 0 Å². The zero-order chi connectivity index (χ0) is 16.9. The van der Waals surface area contributed by atoms with Crippen molar-refractivity contribution in [3.63, 3.8) is 0 Å². The third-order valence-electron chi connectivity index (χ3n) is 4.22. The molecule has 24 heavy (non-hydrogen) atoms. The molecule has 1 fully saturated rings. The van der Waals surface area contributed by atoms with E-state index in [1.165, 1.54) is 32.1 Å². The summed E-state index contributed by atoms with van der Waals surface area (Å²) in [6.07, 6.45) is 6.26. The Morgan fingerprint density at radius 3 is 2.62 bits per heavy atom. The third-order valence-corrected chi connectivity index (χ3v) is 4.51. The summed E-state index contributed by atoms with van der Waals surface area (Å²) >= 11 is 6.18. The fourth-order valence-electron chi connectivity index (χ4n) is 3.02. The summed E-state index contributed by atoms with van der Waals surface area (Å²) in [5.41, 5.74) is 1.79. The first-order valence-corrected chi connectivity index (χ1v) is 8.74. The van der Waals surface area contributed by atoms with Crippen molar-refractivity contribution < 1.29 is 4.74 Å². The fourth-order valence-corrected chi connectivity index (χ4v) is 3.28. The van der Waals surface area contributed by atoms with E-state index in [0.717, 1.165) is 17.2 Å². The molecule has 0 bridgehead atoms. The van der Waals surface area contributed by atoms with Crippen LogP contribution in [0.15, 0.2) is 24.3 Å². The number of nitrogens with one attached hydrogen (secondary N) is 2. The normalized spacial score (nSPS) is 15.1. The maximum absolute atomic E-state index is 6.18. The van der Waals surface area contributed by atoms with Gasteiger partial charge in [-0.25, -0.2) is 4.98 Å². The molecular formula is C18H23ClN4O. The second-order valence-electron chi connectivity index (χ2n) is 6.17. The number of anilines is 3. The van der Waals surface area contributed by atoms with Gasteiger partial charge in [0.15, 0.2) is 0 Å². The Morgan fingerprint density at radius 2 is 1.92 bits per heavy atom. The van der Waals surface area contributed by atoms with Crippen LogP contribution in [0.5, 0.6) is 5.75 Å². The number of ether oxygens (including phenoxy) is 1. The number of aryl methyl sites for hydroxylation is 1. The largest absolute Gasteiger partial charge is 0.495 e. The standard InChI is InChI=1S/C18H23ClN4O/c1-12-10-17(21-14-8-9-16(24-2)15(19)11-14)23-18(20-12)22-13-6-4-3-5-7-13/h8-11,13H,3-7H2,1-2H3,(H2,20,21,22,23). The molecule has 1 aliphatic carbocycles. The van der Waals surface area contributed by atoms with Gasteiger partial charge < -0.3 is 15.4 Å². The van der Waals surface area contributed by atoms with E-state index in [1.54, 1.807) is 7.11 Å². The van der Waals surface area contributed by atoms with Gasteiger partial charge >= 0.3 is 0 Å². The molecule has 0 radical (unpaired) electrons. The highest BCUT2D eigenvalue weighted by Crippen LogP contribution is 2.29. The lowest BCUT2D eigenvalue weighted by Gasteiger charge is -2.23. The number of methoxy groups -OCH3 is 1. The highest BCUT2D eigenvalue weighted by atomic mass is 35.5. The Morgan fingerprint density at radius 1 is 1.12 bits per heavy atom. The number of halogens is 1. The van der Waals surface area contributed by atoms with Crippen molar-refractivity contribution in [2.24, 2.45) is 0 Å². The Hall–Kier alpha value is -2.01. The number of benzene rings is 1. The SMILES string of the molecule is COc1ccc(Nc2cc(C)nc(NC3CCCCC3)n2)cc1Cl. The Labute approximate surface area is 147 Å². The van der Waals surface area contributed by atoms with Gasteiger partial charge in [0.05, 0.1) is 12.1 Å². The van der Waals surface area contributed by atoms with Crippen LogP contribution >= 0.6 is 11.6 Å². The van der Waals surface area contributed by atoms with Gasteiger partial charge in [0.2, 0.25) is 5.95 Å². The molecule has 0 unspecified atom stereocenters. The van der Waals surface area contributed by atoms with Crippen LogP contribution < -0.4 is 15.4 Å². The number of rotatable bonds is 5. The molecule has 0 saturated heterocycles. The van der Waals surface area contributed by atoms with Gasteiger partial charge in [-0.15, -0.1) is 0 Å². The van der Waals surface area contributed by atoms with Crippen molar-refractivity contribution >= 4 is 29.1 Å². The number of aromatic nitrogens is 2. The third kappa shape index (κ3) is 4.29. The van der Waals surface area contributed by atoms with Gasteiger partial charge in [0.1, 0.15) is 11.6 Å². The van der Waals surface area contributed by atoms with E-state index >= 15 is 0 Å². The predicted molar refractivity (Wildman–Crippen MR) is 98.6 cm³/mol. The molecule has 1 aliphatic rings. The van der Waals surface area contributed by atoms with Crippen LogP contribution in [-0.4, -0.2) is 23.1 Å². The molecule has 128 valence electrons. The van der Waals surface area contributed by atoms with E-state index < -0.39 is 0 Å². The minimum absolute atomic E-state index is 0.476. The van der Waals surface area contributed by atoms with Gasteiger partial charge in [-0.2, -0.15) is 4.98 Å². The molecule has 1 heterocycles. The van der Waals surface area contributed by atoms with Crippen LogP contribution in [0.25, 0.3) is 0 Å². The van der Waals surface area contributed by atoms with Crippen LogP contribution in [0.1, 0.15) is 37.8 Å². The van der Waals surface area contributed by atoms with E-state index in [1.807, 2.05) is 31.2 Å². The Balaban J connectivity index is 1.74. The van der Waals surface area contributed by atoms with Crippen molar-refractivity contribution in [2.45, 2.75) is 45.1 Å². The average molecular weight is 347 g/mol. The van der Waals surface area contributed by atoms with E-state index in [2.05, 4.69) is 20.6 Å². The minimum Gasteiger partial charge on any atom is -0.495 e. The Bertz CT molecular complexity index is 701. The van der Waals surface area contributed by atoms with Crippen LogP contribution in [0.3, 0.4) is 0 Å². The maximum Gasteiger partial charge on any atom is 0.225 e. The molecule has 1 aromatic heterocycles. The molecule has 2 aromatic rings. The molecule has 0 spiro atoms. The Kier molecular flexibility index (Phi) is 5.41. The summed E-state index contributed by atoms with van der Waals surface area (Å²) in [6.45, 7) is 1.97. The van der Waals surface area contributed by atoms with Gasteiger partial charge in [-0.05, 0) is 38.0 Å².